The lowest BCUT2D eigenvalue weighted by molar-refractivity contribution is 0.245. The molecule has 3 nitrogen and oxygen atoms in total. The number of hydrogen-bond acceptors (Lipinski definition) is 2. The molecule has 2 atom stereocenters. The Bertz CT molecular complexity index is 528. The Morgan fingerprint density at radius 1 is 1.00 bits per heavy atom. The molecule has 5 heteroatoms. The lowest BCUT2D eigenvalue weighted by Gasteiger charge is -2.15. The summed E-state index contributed by atoms with van der Waals surface area (Å²) in [6.07, 6.45) is -0.697. The van der Waals surface area contributed by atoms with Gasteiger partial charge in [-0.05, 0) is 23.3 Å². The highest BCUT2D eigenvalue weighted by Crippen LogP contribution is 2.26. The molecule has 0 radical (unpaired) electrons. The smallest absolute Gasteiger partial charge is 0.284 e. The van der Waals surface area contributed by atoms with E-state index in [0.29, 0.717) is 5.56 Å². The van der Waals surface area contributed by atoms with Crippen molar-refractivity contribution in [1.29, 1.82) is 0 Å². The fourth-order valence-electron chi connectivity index (χ4n) is 1.65. The van der Waals surface area contributed by atoms with Crippen molar-refractivity contribution in [1.82, 2.24) is 0 Å². The van der Waals surface area contributed by atoms with Crippen molar-refractivity contribution in [3.8, 4) is 0 Å². The summed E-state index contributed by atoms with van der Waals surface area (Å²) in [4.78, 5) is 0. The van der Waals surface area contributed by atoms with E-state index in [2.05, 4.69) is 0 Å². The Balaban J connectivity index is 2.36. The van der Waals surface area contributed by atoms with Crippen LogP contribution >= 0.6 is 0 Å². The molecule has 0 aromatic heterocycles. The SMILES string of the molecule is O=S(O)OC(c1ccccc1)c1ccc(F)cc1. The van der Waals surface area contributed by atoms with Crippen LogP contribution in [-0.2, 0) is 15.5 Å². The molecule has 0 aliphatic rings. The molecule has 0 amide bonds. The molecule has 1 N–H and O–H groups in total. The molecule has 0 bridgehead atoms. The molecule has 2 rings (SSSR count). The first-order valence-electron chi connectivity index (χ1n) is 5.25. The third-order valence-electron chi connectivity index (χ3n) is 2.45. The summed E-state index contributed by atoms with van der Waals surface area (Å²) in [5, 5.41) is 0. The minimum absolute atomic E-state index is 0.365. The van der Waals surface area contributed by atoms with Crippen molar-refractivity contribution < 1.29 is 17.3 Å². The third-order valence-corrected chi connectivity index (χ3v) is 2.81. The minimum atomic E-state index is -2.40. The summed E-state index contributed by atoms with van der Waals surface area (Å²) in [7, 11) is 0. The van der Waals surface area contributed by atoms with Crippen LogP contribution in [0.2, 0.25) is 0 Å². The quantitative estimate of drug-likeness (QED) is 0.865. The van der Waals surface area contributed by atoms with Gasteiger partial charge in [0.05, 0.1) is 0 Å². The molecule has 0 spiro atoms. The molecular formula is C13H11FO3S. The van der Waals surface area contributed by atoms with Crippen molar-refractivity contribution in [2.45, 2.75) is 6.10 Å². The zero-order valence-electron chi connectivity index (χ0n) is 9.32. The second-order valence-electron chi connectivity index (χ2n) is 3.66. The number of rotatable bonds is 4. The summed E-state index contributed by atoms with van der Waals surface area (Å²) in [5.41, 5.74) is 1.34. The van der Waals surface area contributed by atoms with E-state index in [9.17, 15) is 8.60 Å². The average Bonchev–Trinajstić information content (AvgIpc) is 2.38. The lowest BCUT2D eigenvalue weighted by atomic mass is 10.0. The lowest BCUT2D eigenvalue weighted by Crippen LogP contribution is -2.08. The van der Waals surface area contributed by atoms with Gasteiger partial charge in [0, 0.05) is 0 Å². The second kappa shape index (κ2) is 5.86. The monoisotopic (exact) mass is 266 g/mol. The Labute approximate surface area is 107 Å². The van der Waals surface area contributed by atoms with E-state index in [1.54, 1.807) is 24.3 Å². The number of halogens is 1. The van der Waals surface area contributed by atoms with Gasteiger partial charge in [0.25, 0.3) is 0 Å². The highest BCUT2D eigenvalue weighted by Gasteiger charge is 2.17. The summed E-state index contributed by atoms with van der Waals surface area (Å²) >= 11 is -2.40. The molecule has 0 heterocycles. The molecule has 2 aromatic rings. The predicted octanol–water partition coefficient (Wildman–Crippen LogP) is 3.07. The molecule has 2 unspecified atom stereocenters. The van der Waals surface area contributed by atoms with Crippen LogP contribution in [0.15, 0.2) is 54.6 Å². The van der Waals surface area contributed by atoms with Gasteiger partial charge in [0.1, 0.15) is 11.9 Å². The molecular weight excluding hydrogens is 255 g/mol. The van der Waals surface area contributed by atoms with Crippen molar-refractivity contribution in [2.24, 2.45) is 0 Å². The van der Waals surface area contributed by atoms with Crippen LogP contribution in [0.3, 0.4) is 0 Å². The minimum Gasteiger partial charge on any atom is -0.284 e. The van der Waals surface area contributed by atoms with Crippen LogP contribution < -0.4 is 0 Å². The Kier molecular flexibility index (Phi) is 4.19. The van der Waals surface area contributed by atoms with Crippen molar-refractivity contribution in [2.75, 3.05) is 0 Å². The van der Waals surface area contributed by atoms with Gasteiger partial charge in [-0.1, -0.05) is 42.5 Å². The van der Waals surface area contributed by atoms with E-state index in [1.807, 2.05) is 6.07 Å². The molecule has 18 heavy (non-hydrogen) atoms. The van der Waals surface area contributed by atoms with Crippen LogP contribution in [0.25, 0.3) is 0 Å². The first-order valence-corrected chi connectivity index (χ1v) is 6.28. The van der Waals surface area contributed by atoms with Crippen LogP contribution in [0.1, 0.15) is 17.2 Å². The maximum Gasteiger partial charge on any atom is 0.302 e. The van der Waals surface area contributed by atoms with Crippen molar-refractivity contribution >= 4 is 11.4 Å². The van der Waals surface area contributed by atoms with Gasteiger partial charge in [-0.15, -0.1) is 0 Å². The van der Waals surface area contributed by atoms with Gasteiger partial charge < -0.3 is 0 Å². The summed E-state index contributed by atoms with van der Waals surface area (Å²) in [6.45, 7) is 0. The van der Waals surface area contributed by atoms with Crippen molar-refractivity contribution in [3.05, 3.63) is 71.5 Å². The number of hydrogen-bond donors (Lipinski definition) is 1. The zero-order chi connectivity index (χ0) is 13.0. The first-order chi connectivity index (χ1) is 8.66. The average molecular weight is 266 g/mol. The van der Waals surface area contributed by atoms with Crippen LogP contribution in [-0.4, -0.2) is 8.76 Å². The van der Waals surface area contributed by atoms with Gasteiger partial charge in [0.15, 0.2) is 0 Å². The summed E-state index contributed by atoms with van der Waals surface area (Å²) in [5.74, 6) is -0.365. The fraction of sp³-hybridized carbons (Fsp3) is 0.0769. The molecule has 0 fully saturated rings. The predicted molar refractivity (Wildman–Crippen MR) is 66.5 cm³/mol. The molecule has 0 aliphatic heterocycles. The van der Waals surface area contributed by atoms with E-state index < -0.39 is 17.5 Å². The Hall–Kier alpha value is -1.56. The van der Waals surface area contributed by atoms with Crippen LogP contribution in [0, 0.1) is 5.82 Å². The summed E-state index contributed by atoms with van der Waals surface area (Å²) < 4.78 is 37.5. The highest BCUT2D eigenvalue weighted by atomic mass is 32.2. The second-order valence-corrected chi connectivity index (χ2v) is 4.28. The molecule has 0 saturated heterocycles. The van der Waals surface area contributed by atoms with Crippen LogP contribution in [0.5, 0.6) is 0 Å². The van der Waals surface area contributed by atoms with Crippen LogP contribution in [0.4, 0.5) is 4.39 Å². The van der Waals surface area contributed by atoms with E-state index in [-0.39, 0.29) is 5.82 Å². The Morgan fingerprint density at radius 3 is 2.11 bits per heavy atom. The third kappa shape index (κ3) is 3.22. The van der Waals surface area contributed by atoms with E-state index in [1.165, 1.54) is 24.3 Å². The fourth-order valence-corrected chi connectivity index (χ4v) is 2.04. The molecule has 2 aromatic carbocycles. The normalized spacial score (nSPS) is 14.1. The topological polar surface area (TPSA) is 46.5 Å². The van der Waals surface area contributed by atoms with Gasteiger partial charge >= 0.3 is 11.4 Å². The molecule has 0 saturated carbocycles. The van der Waals surface area contributed by atoms with E-state index >= 15 is 0 Å². The Morgan fingerprint density at radius 2 is 1.56 bits per heavy atom. The van der Waals surface area contributed by atoms with Gasteiger partial charge in [0.2, 0.25) is 0 Å². The number of benzene rings is 2. The van der Waals surface area contributed by atoms with Gasteiger partial charge in [-0.3, -0.25) is 8.74 Å². The molecule has 94 valence electrons. The summed E-state index contributed by atoms with van der Waals surface area (Å²) in [6, 6.07) is 14.6. The zero-order valence-corrected chi connectivity index (χ0v) is 10.1. The first kappa shape index (κ1) is 12.9. The highest BCUT2D eigenvalue weighted by molar-refractivity contribution is 7.74. The van der Waals surface area contributed by atoms with Gasteiger partial charge in [-0.2, -0.15) is 4.21 Å². The maximum absolute atomic E-state index is 12.9. The molecule has 0 aliphatic carbocycles. The van der Waals surface area contributed by atoms with E-state index in [4.69, 9.17) is 8.74 Å². The largest absolute Gasteiger partial charge is 0.302 e. The standard InChI is InChI=1S/C13H11FO3S/c14-12-8-6-11(7-9-12)13(17-18(15)16)10-4-2-1-3-5-10/h1-9,13H,(H,15,16). The maximum atomic E-state index is 12.9. The van der Waals surface area contributed by atoms with Crippen molar-refractivity contribution in [3.63, 3.8) is 0 Å². The van der Waals surface area contributed by atoms with Gasteiger partial charge in [-0.25, -0.2) is 4.39 Å². The van der Waals surface area contributed by atoms with E-state index in [0.717, 1.165) is 5.56 Å².